The lowest BCUT2D eigenvalue weighted by Crippen LogP contribution is -2.38. The highest BCUT2D eigenvalue weighted by atomic mass is 16.3. The number of aromatic nitrogens is 4. The van der Waals surface area contributed by atoms with Crippen molar-refractivity contribution in [1.82, 2.24) is 24.8 Å². The van der Waals surface area contributed by atoms with Gasteiger partial charge < -0.3 is 15.3 Å². The maximum Gasteiger partial charge on any atom is 0.256 e. The van der Waals surface area contributed by atoms with Crippen molar-refractivity contribution in [3.05, 3.63) is 65.4 Å². The molecule has 8 nitrogen and oxygen atoms in total. The van der Waals surface area contributed by atoms with E-state index in [4.69, 9.17) is 0 Å². The SMILES string of the molecule is Cc1cc(NCN(CCO)C(=O)c2c(C)cccc2-c2ncccn2)nc(C)n1. The van der Waals surface area contributed by atoms with Crippen LogP contribution in [0.25, 0.3) is 11.4 Å². The van der Waals surface area contributed by atoms with Crippen molar-refractivity contribution in [2.75, 3.05) is 25.1 Å². The van der Waals surface area contributed by atoms with Crippen molar-refractivity contribution in [3.63, 3.8) is 0 Å². The van der Waals surface area contributed by atoms with Crippen LogP contribution in [0.1, 0.15) is 27.4 Å². The summed E-state index contributed by atoms with van der Waals surface area (Å²) in [5, 5.41) is 12.7. The van der Waals surface area contributed by atoms with E-state index in [9.17, 15) is 9.90 Å². The van der Waals surface area contributed by atoms with Gasteiger partial charge in [0, 0.05) is 36.3 Å². The van der Waals surface area contributed by atoms with Gasteiger partial charge in [0.15, 0.2) is 5.82 Å². The van der Waals surface area contributed by atoms with E-state index in [1.54, 1.807) is 23.4 Å². The average Bonchev–Trinajstić information content (AvgIpc) is 2.70. The minimum Gasteiger partial charge on any atom is -0.395 e. The van der Waals surface area contributed by atoms with Crippen molar-refractivity contribution >= 4 is 11.7 Å². The number of anilines is 1. The van der Waals surface area contributed by atoms with Gasteiger partial charge in [-0.05, 0) is 32.4 Å². The van der Waals surface area contributed by atoms with Gasteiger partial charge in [-0.3, -0.25) is 4.79 Å². The molecular weight excluding hydrogens is 368 g/mol. The van der Waals surface area contributed by atoms with E-state index in [1.807, 2.05) is 45.0 Å². The highest BCUT2D eigenvalue weighted by molar-refractivity contribution is 6.01. The van der Waals surface area contributed by atoms with Crippen LogP contribution in [-0.4, -0.2) is 55.7 Å². The van der Waals surface area contributed by atoms with Crippen LogP contribution in [-0.2, 0) is 0 Å². The van der Waals surface area contributed by atoms with Crippen LogP contribution in [0.2, 0.25) is 0 Å². The Labute approximate surface area is 169 Å². The molecular formula is C21H24N6O2. The zero-order valence-electron chi connectivity index (χ0n) is 16.8. The number of nitrogens with zero attached hydrogens (tertiary/aromatic N) is 5. The molecule has 0 saturated carbocycles. The van der Waals surface area contributed by atoms with Gasteiger partial charge in [0.25, 0.3) is 5.91 Å². The molecule has 1 aromatic carbocycles. The first-order valence-electron chi connectivity index (χ1n) is 9.33. The van der Waals surface area contributed by atoms with Crippen molar-refractivity contribution in [3.8, 4) is 11.4 Å². The van der Waals surface area contributed by atoms with Crippen LogP contribution in [0.5, 0.6) is 0 Å². The van der Waals surface area contributed by atoms with Gasteiger partial charge in [0.1, 0.15) is 11.6 Å². The maximum absolute atomic E-state index is 13.4. The van der Waals surface area contributed by atoms with Crippen molar-refractivity contribution in [1.29, 1.82) is 0 Å². The minimum atomic E-state index is -0.213. The maximum atomic E-state index is 13.4. The minimum absolute atomic E-state index is 0.154. The molecule has 0 saturated heterocycles. The largest absolute Gasteiger partial charge is 0.395 e. The highest BCUT2D eigenvalue weighted by Gasteiger charge is 2.22. The van der Waals surface area contributed by atoms with Crippen LogP contribution in [0, 0.1) is 20.8 Å². The predicted octanol–water partition coefficient (Wildman–Crippen LogP) is 2.36. The topological polar surface area (TPSA) is 104 Å². The molecule has 2 heterocycles. The van der Waals surface area contributed by atoms with Crippen LogP contribution in [0.3, 0.4) is 0 Å². The van der Waals surface area contributed by atoms with Crippen LogP contribution in [0.4, 0.5) is 5.82 Å². The summed E-state index contributed by atoms with van der Waals surface area (Å²) in [4.78, 5) is 32.1. The monoisotopic (exact) mass is 392 g/mol. The molecule has 2 N–H and O–H groups in total. The third-order valence-corrected chi connectivity index (χ3v) is 4.37. The summed E-state index contributed by atoms with van der Waals surface area (Å²) in [6.07, 6.45) is 3.29. The molecule has 1 amide bonds. The van der Waals surface area contributed by atoms with Gasteiger partial charge in [-0.25, -0.2) is 19.9 Å². The lowest BCUT2D eigenvalue weighted by Gasteiger charge is -2.24. The molecule has 3 rings (SSSR count). The van der Waals surface area contributed by atoms with E-state index in [2.05, 4.69) is 25.3 Å². The molecule has 3 aromatic rings. The summed E-state index contributed by atoms with van der Waals surface area (Å²) in [6, 6.07) is 9.12. The van der Waals surface area contributed by atoms with Crippen LogP contribution in [0.15, 0.2) is 42.7 Å². The number of benzene rings is 1. The molecule has 0 aliphatic rings. The number of nitrogens with one attached hydrogen (secondary N) is 1. The third kappa shape index (κ3) is 4.91. The van der Waals surface area contributed by atoms with Crippen molar-refractivity contribution in [2.45, 2.75) is 20.8 Å². The Morgan fingerprint density at radius 2 is 1.86 bits per heavy atom. The zero-order chi connectivity index (χ0) is 20.8. The summed E-state index contributed by atoms with van der Waals surface area (Å²) in [7, 11) is 0. The summed E-state index contributed by atoms with van der Waals surface area (Å²) >= 11 is 0. The van der Waals surface area contributed by atoms with E-state index >= 15 is 0 Å². The number of hydrogen-bond donors (Lipinski definition) is 2. The third-order valence-electron chi connectivity index (χ3n) is 4.37. The Kier molecular flexibility index (Phi) is 6.46. The number of carbonyl (C=O) groups is 1. The lowest BCUT2D eigenvalue weighted by atomic mass is 10.00. The van der Waals surface area contributed by atoms with Crippen molar-refractivity contribution < 1.29 is 9.90 Å². The molecule has 8 heteroatoms. The Bertz CT molecular complexity index is 973. The van der Waals surface area contributed by atoms with E-state index in [0.29, 0.717) is 28.6 Å². The Morgan fingerprint density at radius 1 is 1.10 bits per heavy atom. The van der Waals surface area contributed by atoms with Gasteiger partial charge in [-0.1, -0.05) is 18.2 Å². The molecule has 0 spiro atoms. The molecule has 29 heavy (non-hydrogen) atoms. The molecule has 2 aromatic heterocycles. The quantitative estimate of drug-likeness (QED) is 0.595. The van der Waals surface area contributed by atoms with E-state index < -0.39 is 0 Å². The molecule has 0 aliphatic heterocycles. The fraction of sp³-hybridized carbons (Fsp3) is 0.286. The number of aliphatic hydroxyl groups is 1. The summed E-state index contributed by atoms with van der Waals surface area (Å²) in [5.41, 5.74) is 2.83. The molecule has 0 atom stereocenters. The van der Waals surface area contributed by atoms with Crippen molar-refractivity contribution in [2.24, 2.45) is 0 Å². The smallest absolute Gasteiger partial charge is 0.256 e. The molecule has 0 unspecified atom stereocenters. The Hall–Kier alpha value is -3.39. The summed E-state index contributed by atoms with van der Waals surface area (Å²) in [6.45, 7) is 5.79. The zero-order valence-corrected chi connectivity index (χ0v) is 16.8. The summed E-state index contributed by atoms with van der Waals surface area (Å²) in [5.74, 6) is 1.55. The molecule has 0 radical (unpaired) electrons. The average molecular weight is 392 g/mol. The second-order valence-electron chi connectivity index (χ2n) is 6.64. The number of amides is 1. The number of aliphatic hydroxyl groups excluding tert-OH is 1. The van der Waals surface area contributed by atoms with Gasteiger partial charge in [0.05, 0.1) is 18.8 Å². The predicted molar refractivity (Wildman–Crippen MR) is 110 cm³/mol. The van der Waals surface area contributed by atoms with Crippen LogP contribution >= 0.6 is 0 Å². The Balaban J connectivity index is 1.89. The number of aryl methyl sites for hydroxylation is 3. The van der Waals surface area contributed by atoms with Gasteiger partial charge in [-0.15, -0.1) is 0 Å². The molecule has 0 fully saturated rings. The van der Waals surface area contributed by atoms with Gasteiger partial charge >= 0.3 is 0 Å². The summed E-state index contributed by atoms with van der Waals surface area (Å²) < 4.78 is 0. The number of rotatable bonds is 7. The Morgan fingerprint density at radius 3 is 2.55 bits per heavy atom. The molecule has 150 valence electrons. The molecule has 0 aliphatic carbocycles. The molecule has 0 bridgehead atoms. The fourth-order valence-corrected chi connectivity index (χ4v) is 3.09. The van der Waals surface area contributed by atoms with Crippen LogP contribution < -0.4 is 5.32 Å². The van der Waals surface area contributed by atoms with E-state index in [-0.39, 0.29) is 25.7 Å². The normalized spacial score (nSPS) is 10.6. The first-order valence-corrected chi connectivity index (χ1v) is 9.33. The fourth-order valence-electron chi connectivity index (χ4n) is 3.09. The second kappa shape index (κ2) is 9.20. The lowest BCUT2D eigenvalue weighted by molar-refractivity contribution is 0.0735. The van der Waals surface area contributed by atoms with E-state index in [1.165, 1.54) is 0 Å². The first kappa shape index (κ1) is 20.3. The van der Waals surface area contributed by atoms with Gasteiger partial charge in [-0.2, -0.15) is 0 Å². The second-order valence-corrected chi connectivity index (χ2v) is 6.64. The highest BCUT2D eigenvalue weighted by Crippen LogP contribution is 2.24. The number of carbonyl (C=O) groups excluding carboxylic acids is 1. The first-order chi connectivity index (χ1) is 14.0. The standard InChI is InChI=1S/C21H24N6O2/c1-14-6-4-7-17(20-22-8-5-9-23-20)19(14)21(29)27(10-11-28)13-24-18-12-15(2)25-16(3)26-18/h4-9,12,28H,10-11,13H2,1-3H3,(H,24,25,26). The van der Waals surface area contributed by atoms with Gasteiger partial charge in [0.2, 0.25) is 0 Å². The van der Waals surface area contributed by atoms with E-state index in [0.717, 1.165) is 11.3 Å². The number of hydrogen-bond acceptors (Lipinski definition) is 7.